The Morgan fingerprint density at radius 1 is 1.53 bits per heavy atom. The van der Waals surface area contributed by atoms with Crippen molar-refractivity contribution in [1.29, 1.82) is 0 Å². The molecular weight excluding hydrogens is 245 g/mol. The number of halogens is 1. The van der Waals surface area contributed by atoms with Gasteiger partial charge in [0.1, 0.15) is 5.82 Å². The van der Waals surface area contributed by atoms with Crippen LogP contribution in [0.3, 0.4) is 0 Å². The van der Waals surface area contributed by atoms with Gasteiger partial charge in [-0.2, -0.15) is 0 Å². The number of nitrogens with zero attached hydrogens (tertiary/aromatic N) is 2. The third-order valence-corrected chi connectivity index (χ3v) is 3.22. The van der Waals surface area contributed by atoms with Crippen LogP contribution in [0.1, 0.15) is 31.4 Å². The van der Waals surface area contributed by atoms with E-state index in [0.717, 1.165) is 13.0 Å². The molecule has 106 valence electrons. The van der Waals surface area contributed by atoms with Crippen molar-refractivity contribution in [2.75, 3.05) is 13.6 Å². The molecule has 0 spiro atoms. The molecule has 5 heteroatoms. The van der Waals surface area contributed by atoms with Crippen molar-refractivity contribution in [2.45, 2.75) is 26.8 Å². The quantitative estimate of drug-likeness (QED) is 0.360. The standard InChI is InChI=1S/C14H22FN3O/c1-4-10(2)8-18(3)9-12-6-5-11(7-13(12)15)14(16)17-19/h5-7,10,19H,4,8-9H2,1-3H3,(H2,16,17). The molecule has 0 heterocycles. The molecule has 3 N–H and O–H groups in total. The fraction of sp³-hybridized carbons (Fsp3) is 0.500. The van der Waals surface area contributed by atoms with Crippen molar-refractivity contribution in [1.82, 2.24) is 4.90 Å². The van der Waals surface area contributed by atoms with E-state index in [9.17, 15) is 4.39 Å². The minimum Gasteiger partial charge on any atom is -0.409 e. The van der Waals surface area contributed by atoms with Crippen molar-refractivity contribution < 1.29 is 9.60 Å². The smallest absolute Gasteiger partial charge is 0.170 e. The molecule has 1 unspecified atom stereocenters. The van der Waals surface area contributed by atoms with Gasteiger partial charge in [0.15, 0.2) is 5.84 Å². The van der Waals surface area contributed by atoms with Crippen LogP contribution in [0.25, 0.3) is 0 Å². The summed E-state index contributed by atoms with van der Waals surface area (Å²) in [5.74, 6) is 0.169. The van der Waals surface area contributed by atoms with Crippen LogP contribution in [0, 0.1) is 11.7 Å². The van der Waals surface area contributed by atoms with Gasteiger partial charge in [-0.05, 0) is 19.0 Å². The number of amidine groups is 1. The third kappa shape index (κ3) is 4.52. The first-order valence-electron chi connectivity index (χ1n) is 6.42. The molecule has 0 aliphatic heterocycles. The van der Waals surface area contributed by atoms with Crippen LogP contribution in [-0.2, 0) is 6.54 Å². The zero-order chi connectivity index (χ0) is 14.4. The number of benzene rings is 1. The first-order chi connectivity index (χ1) is 8.97. The first kappa shape index (κ1) is 15.4. The Bertz CT molecular complexity index is 448. The van der Waals surface area contributed by atoms with E-state index in [4.69, 9.17) is 10.9 Å². The topological polar surface area (TPSA) is 61.8 Å². The highest BCUT2D eigenvalue weighted by molar-refractivity contribution is 5.97. The zero-order valence-corrected chi connectivity index (χ0v) is 11.7. The molecule has 0 radical (unpaired) electrons. The second-order valence-electron chi connectivity index (χ2n) is 5.00. The summed E-state index contributed by atoms with van der Waals surface area (Å²) in [5, 5.41) is 11.4. The molecular formula is C14H22FN3O. The third-order valence-electron chi connectivity index (χ3n) is 3.22. The highest BCUT2D eigenvalue weighted by Crippen LogP contribution is 2.13. The second kappa shape index (κ2) is 7.09. The molecule has 1 atom stereocenters. The Morgan fingerprint density at radius 3 is 2.74 bits per heavy atom. The number of oxime groups is 1. The average molecular weight is 267 g/mol. The maximum Gasteiger partial charge on any atom is 0.170 e. The fourth-order valence-corrected chi connectivity index (χ4v) is 1.91. The summed E-state index contributed by atoms with van der Waals surface area (Å²) < 4.78 is 13.9. The van der Waals surface area contributed by atoms with Crippen LogP contribution in [-0.4, -0.2) is 29.5 Å². The van der Waals surface area contributed by atoms with Gasteiger partial charge in [0.05, 0.1) is 0 Å². The summed E-state index contributed by atoms with van der Waals surface area (Å²) in [6, 6.07) is 4.63. The highest BCUT2D eigenvalue weighted by atomic mass is 19.1. The summed E-state index contributed by atoms with van der Waals surface area (Å²) in [7, 11) is 1.98. The lowest BCUT2D eigenvalue weighted by Crippen LogP contribution is -2.24. The van der Waals surface area contributed by atoms with Gasteiger partial charge in [0.25, 0.3) is 0 Å². The normalized spacial score (nSPS) is 13.8. The summed E-state index contributed by atoms with van der Waals surface area (Å²) in [6.45, 7) is 5.80. The molecule has 19 heavy (non-hydrogen) atoms. The summed E-state index contributed by atoms with van der Waals surface area (Å²) in [6.07, 6.45) is 1.11. The lowest BCUT2D eigenvalue weighted by molar-refractivity contribution is 0.272. The molecule has 0 aliphatic rings. The maximum absolute atomic E-state index is 13.9. The largest absolute Gasteiger partial charge is 0.409 e. The number of rotatable bonds is 6. The van der Waals surface area contributed by atoms with E-state index in [-0.39, 0.29) is 11.7 Å². The van der Waals surface area contributed by atoms with Gasteiger partial charge in [-0.25, -0.2) is 4.39 Å². The summed E-state index contributed by atoms with van der Waals surface area (Å²) >= 11 is 0. The van der Waals surface area contributed by atoms with Gasteiger partial charge < -0.3 is 15.8 Å². The SMILES string of the molecule is CCC(C)CN(C)Cc1ccc(/C(N)=N/O)cc1F. The Hall–Kier alpha value is -1.62. The van der Waals surface area contributed by atoms with Crippen molar-refractivity contribution in [3.63, 3.8) is 0 Å². The van der Waals surface area contributed by atoms with Crippen molar-refractivity contribution >= 4 is 5.84 Å². The van der Waals surface area contributed by atoms with E-state index in [1.54, 1.807) is 12.1 Å². The van der Waals surface area contributed by atoms with E-state index in [0.29, 0.717) is 23.6 Å². The molecule has 0 aromatic heterocycles. The minimum atomic E-state index is -0.333. The van der Waals surface area contributed by atoms with Crippen LogP contribution < -0.4 is 5.73 Å². The second-order valence-corrected chi connectivity index (χ2v) is 5.00. The van der Waals surface area contributed by atoms with Crippen molar-refractivity contribution in [2.24, 2.45) is 16.8 Å². The van der Waals surface area contributed by atoms with Crippen LogP contribution in [0.4, 0.5) is 4.39 Å². The highest BCUT2D eigenvalue weighted by Gasteiger charge is 2.10. The van der Waals surface area contributed by atoms with E-state index in [1.165, 1.54) is 6.07 Å². The van der Waals surface area contributed by atoms with Gasteiger partial charge in [-0.3, -0.25) is 0 Å². The number of hydrogen-bond donors (Lipinski definition) is 2. The van der Waals surface area contributed by atoms with Gasteiger partial charge in [0.2, 0.25) is 0 Å². The van der Waals surface area contributed by atoms with Crippen molar-refractivity contribution in [3.8, 4) is 0 Å². The van der Waals surface area contributed by atoms with E-state index >= 15 is 0 Å². The molecule has 4 nitrogen and oxygen atoms in total. The summed E-state index contributed by atoms with van der Waals surface area (Å²) in [5.41, 5.74) is 6.42. The predicted molar refractivity (Wildman–Crippen MR) is 74.7 cm³/mol. The summed E-state index contributed by atoms with van der Waals surface area (Å²) in [4.78, 5) is 2.09. The van der Waals surface area contributed by atoms with E-state index in [1.807, 2.05) is 7.05 Å². The maximum atomic E-state index is 13.9. The van der Waals surface area contributed by atoms with E-state index < -0.39 is 0 Å². The van der Waals surface area contributed by atoms with Gasteiger partial charge in [0, 0.05) is 24.2 Å². The van der Waals surface area contributed by atoms with E-state index in [2.05, 4.69) is 23.9 Å². The fourth-order valence-electron chi connectivity index (χ4n) is 1.91. The molecule has 1 rings (SSSR count). The molecule has 0 fully saturated rings. The molecule has 0 saturated heterocycles. The first-order valence-corrected chi connectivity index (χ1v) is 6.42. The van der Waals surface area contributed by atoms with Gasteiger partial charge in [-0.1, -0.05) is 37.6 Å². The zero-order valence-electron chi connectivity index (χ0n) is 11.7. The number of nitrogens with two attached hydrogens (primary N) is 1. The lowest BCUT2D eigenvalue weighted by atomic mass is 10.1. The monoisotopic (exact) mass is 267 g/mol. The molecule has 0 aliphatic carbocycles. The average Bonchev–Trinajstić information content (AvgIpc) is 2.39. The Labute approximate surface area is 113 Å². The minimum absolute atomic E-state index is 0.0848. The molecule has 1 aromatic carbocycles. The molecule has 0 amide bonds. The van der Waals surface area contributed by atoms with Crippen molar-refractivity contribution in [3.05, 3.63) is 35.1 Å². The van der Waals surface area contributed by atoms with Crippen LogP contribution in [0.2, 0.25) is 0 Å². The van der Waals surface area contributed by atoms with Gasteiger partial charge >= 0.3 is 0 Å². The van der Waals surface area contributed by atoms with Crippen LogP contribution in [0.5, 0.6) is 0 Å². The molecule has 0 bridgehead atoms. The Kier molecular flexibility index (Phi) is 5.76. The molecule has 0 saturated carbocycles. The number of hydrogen-bond acceptors (Lipinski definition) is 3. The van der Waals surface area contributed by atoms with Gasteiger partial charge in [-0.15, -0.1) is 0 Å². The lowest BCUT2D eigenvalue weighted by Gasteiger charge is -2.20. The van der Waals surface area contributed by atoms with Crippen LogP contribution >= 0.6 is 0 Å². The Balaban J connectivity index is 2.75. The molecule has 1 aromatic rings. The Morgan fingerprint density at radius 2 is 2.21 bits per heavy atom. The van der Waals surface area contributed by atoms with Crippen LogP contribution in [0.15, 0.2) is 23.4 Å². The predicted octanol–water partition coefficient (Wildman–Crippen LogP) is 2.40.